The van der Waals surface area contributed by atoms with Crippen LogP contribution in [0.5, 0.6) is 0 Å². The molecule has 1 unspecified atom stereocenters. The van der Waals surface area contributed by atoms with Crippen LogP contribution in [-0.2, 0) is 4.79 Å². The van der Waals surface area contributed by atoms with Crippen molar-refractivity contribution in [3.8, 4) is 0 Å². The highest BCUT2D eigenvalue weighted by Gasteiger charge is 2.40. The van der Waals surface area contributed by atoms with Gasteiger partial charge in [-0.1, -0.05) is 51.4 Å². The normalized spacial score (nSPS) is 20.7. The van der Waals surface area contributed by atoms with Gasteiger partial charge in [0.15, 0.2) is 0 Å². The lowest BCUT2D eigenvalue weighted by atomic mass is 9.70. The molecule has 1 aliphatic rings. The molecule has 0 saturated carbocycles. The molecular weight excluding hydrogens is 362 g/mol. The Kier molecular flexibility index (Phi) is 8.10. The molecule has 0 radical (unpaired) electrons. The quantitative estimate of drug-likeness (QED) is 0.467. The number of aliphatic hydroxyl groups is 1. The van der Waals surface area contributed by atoms with Gasteiger partial charge in [-0.25, -0.2) is 0 Å². The molecule has 1 amide bonds. The Labute approximate surface area is 168 Å². The smallest absolute Gasteiger partial charge is 0.240 e. The fourth-order valence-electron chi connectivity index (χ4n) is 4.01. The predicted molar refractivity (Wildman–Crippen MR) is 111 cm³/mol. The van der Waals surface area contributed by atoms with E-state index in [1.807, 2.05) is 17.0 Å². The molecule has 1 heterocycles. The van der Waals surface area contributed by atoms with E-state index >= 15 is 0 Å². The van der Waals surface area contributed by atoms with Gasteiger partial charge in [-0.3, -0.25) is 10.1 Å². The van der Waals surface area contributed by atoms with Crippen molar-refractivity contribution in [3.05, 3.63) is 34.9 Å². The first-order chi connectivity index (χ1) is 12.8. The summed E-state index contributed by atoms with van der Waals surface area (Å²) in [4.78, 5) is 15.2. The zero-order valence-corrected chi connectivity index (χ0v) is 17.7. The summed E-state index contributed by atoms with van der Waals surface area (Å²) >= 11 is 6.03. The number of amides is 1. The molecule has 1 saturated heterocycles. The fourth-order valence-corrected chi connectivity index (χ4v) is 4.14. The number of piperidine rings is 1. The van der Waals surface area contributed by atoms with Crippen LogP contribution in [0.1, 0.15) is 45.6 Å². The molecule has 2 rings (SSSR count). The molecule has 1 aliphatic heterocycles. The second-order valence-corrected chi connectivity index (χ2v) is 8.90. The summed E-state index contributed by atoms with van der Waals surface area (Å²) in [6.45, 7) is 11.2. The van der Waals surface area contributed by atoms with E-state index in [1.165, 1.54) is 5.56 Å². The Bertz CT molecular complexity index is 604. The summed E-state index contributed by atoms with van der Waals surface area (Å²) in [6, 6.07) is 7.89. The van der Waals surface area contributed by atoms with Gasteiger partial charge in [-0.05, 0) is 41.4 Å². The number of rotatable bonds is 8. The minimum Gasteiger partial charge on any atom is -0.395 e. The van der Waals surface area contributed by atoms with Crippen LogP contribution < -0.4 is 10.6 Å². The summed E-state index contributed by atoms with van der Waals surface area (Å²) in [5.41, 5.74) is 1.29. The molecular formula is C21H34ClN3O2. The van der Waals surface area contributed by atoms with Crippen LogP contribution in [-0.4, -0.2) is 54.9 Å². The summed E-state index contributed by atoms with van der Waals surface area (Å²) in [5, 5.41) is 16.0. The molecule has 6 heteroatoms. The number of nitrogens with one attached hydrogen (secondary N) is 2. The largest absolute Gasteiger partial charge is 0.395 e. The molecule has 1 fully saturated rings. The zero-order valence-electron chi connectivity index (χ0n) is 17.0. The number of carbonyl (C=O) groups is 1. The van der Waals surface area contributed by atoms with Gasteiger partial charge < -0.3 is 15.3 Å². The zero-order chi connectivity index (χ0) is 20.0. The van der Waals surface area contributed by atoms with Gasteiger partial charge >= 0.3 is 0 Å². The summed E-state index contributed by atoms with van der Waals surface area (Å²) in [5.74, 6) is 0.777. The molecule has 1 aromatic rings. The fraction of sp³-hybridized carbons (Fsp3) is 0.667. The summed E-state index contributed by atoms with van der Waals surface area (Å²) in [7, 11) is 0. The predicted octanol–water partition coefficient (Wildman–Crippen LogP) is 2.84. The number of hydrogen-bond donors (Lipinski definition) is 3. The van der Waals surface area contributed by atoms with Crippen molar-refractivity contribution in [3.63, 3.8) is 0 Å². The van der Waals surface area contributed by atoms with Crippen molar-refractivity contribution >= 4 is 17.5 Å². The van der Waals surface area contributed by atoms with E-state index in [0.29, 0.717) is 19.1 Å². The van der Waals surface area contributed by atoms with E-state index in [1.54, 1.807) is 0 Å². The van der Waals surface area contributed by atoms with Gasteiger partial charge in [-0.2, -0.15) is 0 Å². The molecule has 0 spiro atoms. The number of hydrogen-bond acceptors (Lipinski definition) is 4. The second-order valence-electron chi connectivity index (χ2n) is 8.47. The maximum absolute atomic E-state index is 13.1. The second kappa shape index (κ2) is 9.87. The third-order valence-corrected chi connectivity index (χ3v) is 5.73. The van der Waals surface area contributed by atoms with Crippen LogP contribution in [0, 0.1) is 11.3 Å². The van der Waals surface area contributed by atoms with Crippen LogP contribution in [0.2, 0.25) is 5.02 Å². The Morgan fingerprint density at radius 1 is 1.33 bits per heavy atom. The van der Waals surface area contributed by atoms with E-state index in [9.17, 15) is 4.79 Å². The van der Waals surface area contributed by atoms with E-state index in [-0.39, 0.29) is 29.9 Å². The van der Waals surface area contributed by atoms with Gasteiger partial charge in [0.1, 0.15) is 0 Å². The number of nitrogens with zero attached hydrogens (tertiary/aromatic N) is 1. The third kappa shape index (κ3) is 5.92. The molecule has 3 N–H and O–H groups in total. The number of benzene rings is 1. The van der Waals surface area contributed by atoms with Gasteiger partial charge in [0, 0.05) is 31.3 Å². The van der Waals surface area contributed by atoms with E-state index in [0.717, 1.165) is 24.5 Å². The lowest BCUT2D eigenvalue weighted by Crippen LogP contribution is -2.56. The molecule has 1 aromatic carbocycles. The molecule has 2 atom stereocenters. The highest BCUT2D eigenvalue weighted by molar-refractivity contribution is 6.30. The Hall–Kier alpha value is -1.14. The lowest BCUT2D eigenvalue weighted by Gasteiger charge is -2.46. The Morgan fingerprint density at radius 2 is 2.00 bits per heavy atom. The first-order valence-corrected chi connectivity index (χ1v) is 10.2. The van der Waals surface area contributed by atoms with Crippen LogP contribution in [0.25, 0.3) is 0 Å². The number of carbonyl (C=O) groups excluding carboxylic acids is 1. The van der Waals surface area contributed by atoms with E-state index in [4.69, 9.17) is 16.7 Å². The standard InChI is InChI=1S/C21H34ClN3O2/c1-15(2)19(24-14-23-10-12-26)20(27)25-11-9-18(21(3,4)13-25)16-5-7-17(22)8-6-16/h5-8,15,18-19,23-24,26H,9-14H2,1-4H3/t18?,19-/m1/s1. The SMILES string of the molecule is CC(C)[C@@H](NCNCCO)C(=O)N1CCC(c2ccc(Cl)cc2)C(C)(C)C1. The molecule has 5 nitrogen and oxygen atoms in total. The van der Waals surface area contributed by atoms with E-state index in [2.05, 4.69) is 50.5 Å². The number of aliphatic hydroxyl groups excluding tert-OH is 1. The first-order valence-electron chi connectivity index (χ1n) is 9.85. The first kappa shape index (κ1) is 22.2. The third-order valence-electron chi connectivity index (χ3n) is 5.48. The van der Waals surface area contributed by atoms with Gasteiger partial charge in [0.2, 0.25) is 5.91 Å². The molecule has 0 bridgehead atoms. The highest BCUT2D eigenvalue weighted by atomic mass is 35.5. The molecule has 152 valence electrons. The maximum Gasteiger partial charge on any atom is 0.240 e. The number of likely N-dealkylation sites (tertiary alicyclic amines) is 1. The average Bonchev–Trinajstić information content (AvgIpc) is 2.61. The Balaban J connectivity index is 2.03. The van der Waals surface area contributed by atoms with Crippen molar-refractivity contribution in [2.24, 2.45) is 11.3 Å². The van der Waals surface area contributed by atoms with Crippen molar-refractivity contribution in [2.75, 3.05) is 32.9 Å². The molecule has 0 aromatic heterocycles. The average molecular weight is 396 g/mol. The van der Waals surface area contributed by atoms with Crippen LogP contribution in [0.15, 0.2) is 24.3 Å². The molecule has 0 aliphatic carbocycles. The summed E-state index contributed by atoms with van der Waals surface area (Å²) < 4.78 is 0. The van der Waals surface area contributed by atoms with E-state index < -0.39 is 0 Å². The van der Waals surface area contributed by atoms with Crippen LogP contribution in [0.3, 0.4) is 0 Å². The van der Waals surface area contributed by atoms with Crippen molar-refractivity contribution in [1.82, 2.24) is 15.5 Å². The van der Waals surface area contributed by atoms with Gasteiger partial charge in [0.25, 0.3) is 0 Å². The molecule has 27 heavy (non-hydrogen) atoms. The lowest BCUT2D eigenvalue weighted by molar-refractivity contribution is -0.138. The minimum atomic E-state index is -0.223. The monoisotopic (exact) mass is 395 g/mol. The Morgan fingerprint density at radius 3 is 2.56 bits per heavy atom. The van der Waals surface area contributed by atoms with Crippen LogP contribution >= 0.6 is 11.6 Å². The topological polar surface area (TPSA) is 64.6 Å². The van der Waals surface area contributed by atoms with Crippen molar-refractivity contribution in [1.29, 1.82) is 0 Å². The van der Waals surface area contributed by atoms with Crippen molar-refractivity contribution in [2.45, 2.75) is 46.1 Å². The maximum atomic E-state index is 13.1. The highest BCUT2D eigenvalue weighted by Crippen LogP contribution is 2.42. The van der Waals surface area contributed by atoms with Gasteiger partial charge in [-0.15, -0.1) is 0 Å². The van der Waals surface area contributed by atoms with Crippen molar-refractivity contribution < 1.29 is 9.90 Å². The number of halogens is 1. The van der Waals surface area contributed by atoms with Gasteiger partial charge in [0.05, 0.1) is 12.6 Å². The summed E-state index contributed by atoms with van der Waals surface area (Å²) in [6.07, 6.45) is 0.952. The van der Waals surface area contributed by atoms with Crippen LogP contribution in [0.4, 0.5) is 0 Å². The minimum absolute atomic E-state index is 0.00158.